The fourth-order valence-electron chi connectivity index (χ4n) is 1.13. The predicted octanol–water partition coefficient (Wildman–Crippen LogP) is 0.208. The summed E-state index contributed by atoms with van der Waals surface area (Å²) in [6.07, 6.45) is 1.66. The van der Waals surface area contributed by atoms with E-state index in [9.17, 15) is 0 Å². The maximum absolute atomic E-state index is 5.80. The Morgan fingerprint density at radius 1 is 1.36 bits per heavy atom. The predicted molar refractivity (Wildman–Crippen MR) is 58.4 cm³/mol. The number of hydrazine groups is 1. The molecule has 0 fully saturated rings. The first kappa shape index (κ1) is 10.6. The lowest BCUT2D eigenvalue weighted by atomic mass is 10.1. The van der Waals surface area contributed by atoms with Gasteiger partial charge in [0.1, 0.15) is 0 Å². The largest absolute Gasteiger partial charge is 0.397 e. The quantitative estimate of drug-likeness (QED) is 0.472. The topological polar surface area (TPSA) is 81.3 Å². The number of hydrogen-bond acceptors (Lipinski definition) is 4. The minimum Gasteiger partial charge on any atom is -0.397 e. The molecular formula is C10H16N4. The van der Waals surface area contributed by atoms with Crippen LogP contribution in [0.1, 0.15) is 11.1 Å². The molecule has 0 aromatic heterocycles. The zero-order valence-corrected chi connectivity index (χ0v) is 8.27. The van der Waals surface area contributed by atoms with Crippen molar-refractivity contribution in [3.63, 3.8) is 0 Å². The Balaban J connectivity index is 2.86. The smallest absolute Gasteiger partial charge is 0.0564 e. The minimum absolute atomic E-state index is 0.542. The van der Waals surface area contributed by atoms with Crippen LogP contribution in [0.3, 0.4) is 0 Å². The molecule has 0 aliphatic heterocycles. The van der Waals surface area contributed by atoms with E-state index >= 15 is 0 Å². The van der Waals surface area contributed by atoms with Gasteiger partial charge in [-0.2, -0.15) is 0 Å². The number of benzene rings is 1. The van der Waals surface area contributed by atoms with Crippen molar-refractivity contribution in [1.29, 1.82) is 0 Å². The Hall–Kier alpha value is -1.52. The van der Waals surface area contributed by atoms with Crippen LogP contribution in [0.15, 0.2) is 30.5 Å². The highest BCUT2D eigenvalue weighted by Crippen LogP contribution is 2.10. The van der Waals surface area contributed by atoms with Gasteiger partial charge in [0.25, 0.3) is 0 Å². The van der Waals surface area contributed by atoms with E-state index in [2.05, 4.69) is 0 Å². The van der Waals surface area contributed by atoms with E-state index in [4.69, 9.17) is 17.3 Å². The second-order valence-electron chi connectivity index (χ2n) is 3.15. The van der Waals surface area contributed by atoms with Gasteiger partial charge in [0.05, 0.1) is 5.70 Å². The molecule has 0 spiro atoms. The lowest BCUT2D eigenvalue weighted by Crippen LogP contribution is -2.20. The van der Waals surface area contributed by atoms with Gasteiger partial charge in [0.2, 0.25) is 0 Å². The van der Waals surface area contributed by atoms with Crippen LogP contribution in [0, 0.1) is 0 Å². The normalized spacial score (nSPS) is 11.5. The Morgan fingerprint density at radius 2 is 1.93 bits per heavy atom. The van der Waals surface area contributed by atoms with Crippen LogP contribution in [0.4, 0.5) is 0 Å². The number of rotatable bonds is 3. The van der Waals surface area contributed by atoms with Crippen LogP contribution < -0.4 is 17.3 Å². The first-order valence-electron chi connectivity index (χ1n) is 4.37. The first-order chi connectivity index (χ1) is 6.63. The Bertz CT molecular complexity index is 313. The summed E-state index contributed by atoms with van der Waals surface area (Å²) in [4.78, 5) is 0. The van der Waals surface area contributed by atoms with Gasteiger partial charge in [-0.1, -0.05) is 24.3 Å². The van der Waals surface area contributed by atoms with Gasteiger partial charge >= 0.3 is 0 Å². The molecule has 1 aromatic carbocycles. The number of nitrogens with zero attached hydrogens (tertiary/aromatic N) is 1. The monoisotopic (exact) mass is 192 g/mol. The van der Waals surface area contributed by atoms with E-state index in [1.165, 1.54) is 5.01 Å². The van der Waals surface area contributed by atoms with E-state index in [-0.39, 0.29) is 0 Å². The molecule has 0 heterocycles. The third kappa shape index (κ3) is 2.76. The molecule has 0 aliphatic carbocycles. The van der Waals surface area contributed by atoms with Crippen LogP contribution in [0.2, 0.25) is 0 Å². The summed E-state index contributed by atoms with van der Waals surface area (Å²) in [5, 5.41) is 1.42. The average Bonchev–Trinajstić information content (AvgIpc) is 2.17. The summed E-state index contributed by atoms with van der Waals surface area (Å²) in [7, 11) is 1.72. The second-order valence-corrected chi connectivity index (χ2v) is 3.15. The zero-order chi connectivity index (χ0) is 10.6. The molecule has 0 unspecified atom stereocenters. The first-order valence-corrected chi connectivity index (χ1v) is 4.37. The highest BCUT2D eigenvalue weighted by Gasteiger charge is 1.96. The summed E-state index contributed by atoms with van der Waals surface area (Å²) >= 11 is 0. The van der Waals surface area contributed by atoms with Crippen molar-refractivity contribution >= 4 is 5.70 Å². The average molecular weight is 192 g/mol. The molecule has 0 aliphatic rings. The summed E-state index contributed by atoms with van der Waals surface area (Å²) in [6.45, 7) is 0.542. The highest BCUT2D eigenvalue weighted by molar-refractivity contribution is 5.62. The Labute approximate surface area is 84.0 Å². The van der Waals surface area contributed by atoms with Crippen molar-refractivity contribution < 1.29 is 0 Å². The van der Waals surface area contributed by atoms with Gasteiger partial charge in [0.15, 0.2) is 0 Å². The highest BCUT2D eigenvalue weighted by atomic mass is 15.4. The molecule has 0 saturated carbocycles. The van der Waals surface area contributed by atoms with E-state index in [0.717, 1.165) is 11.1 Å². The van der Waals surface area contributed by atoms with E-state index in [1.807, 2.05) is 24.3 Å². The van der Waals surface area contributed by atoms with Crippen molar-refractivity contribution in [3.8, 4) is 0 Å². The lowest BCUT2D eigenvalue weighted by Gasteiger charge is -2.08. The maximum atomic E-state index is 5.80. The van der Waals surface area contributed by atoms with Crippen molar-refractivity contribution in [2.75, 3.05) is 7.05 Å². The SMILES string of the molecule is CN(N)/C=C(\N)c1ccc(CN)cc1. The molecule has 6 N–H and O–H groups in total. The fourth-order valence-corrected chi connectivity index (χ4v) is 1.13. The summed E-state index contributed by atoms with van der Waals surface area (Å²) in [5.41, 5.74) is 13.9. The second kappa shape index (κ2) is 4.64. The standard InChI is InChI=1S/C10H16N4/c1-14(13)7-10(12)9-4-2-8(6-11)3-5-9/h2-5,7H,6,11-13H2,1H3/b10-7-. The van der Waals surface area contributed by atoms with Gasteiger partial charge in [-0.15, -0.1) is 0 Å². The third-order valence-electron chi connectivity index (χ3n) is 1.87. The third-order valence-corrected chi connectivity index (χ3v) is 1.87. The van der Waals surface area contributed by atoms with Gasteiger partial charge in [-0.25, -0.2) is 5.84 Å². The van der Waals surface area contributed by atoms with Gasteiger partial charge < -0.3 is 16.5 Å². The molecule has 14 heavy (non-hydrogen) atoms. The Morgan fingerprint density at radius 3 is 2.36 bits per heavy atom. The molecule has 76 valence electrons. The fraction of sp³-hybridized carbons (Fsp3) is 0.200. The van der Waals surface area contributed by atoms with Gasteiger partial charge in [-0.05, 0) is 11.1 Å². The van der Waals surface area contributed by atoms with E-state index in [0.29, 0.717) is 12.2 Å². The van der Waals surface area contributed by atoms with Crippen LogP contribution in [0.5, 0.6) is 0 Å². The molecule has 0 amide bonds. The molecule has 0 atom stereocenters. The summed E-state index contributed by atoms with van der Waals surface area (Å²) in [5.74, 6) is 5.44. The zero-order valence-electron chi connectivity index (χ0n) is 8.27. The van der Waals surface area contributed by atoms with E-state index < -0.39 is 0 Å². The molecule has 4 heteroatoms. The van der Waals surface area contributed by atoms with Crippen LogP contribution in [-0.2, 0) is 6.54 Å². The molecule has 4 nitrogen and oxygen atoms in total. The lowest BCUT2D eigenvalue weighted by molar-refractivity contribution is 0.486. The van der Waals surface area contributed by atoms with E-state index in [1.54, 1.807) is 13.2 Å². The minimum atomic E-state index is 0.542. The Kier molecular flexibility index (Phi) is 3.50. The maximum Gasteiger partial charge on any atom is 0.0564 e. The number of nitrogens with two attached hydrogens (primary N) is 3. The molecule has 0 saturated heterocycles. The van der Waals surface area contributed by atoms with Crippen molar-refractivity contribution in [2.24, 2.45) is 17.3 Å². The molecule has 1 rings (SSSR count). The van der Waals surface area contributed by atoms with Crippen molar-refractivity contribution in [1.82, 2.24) is 5.01 Å². The van der Waals surface area contributed by atoms with Gasteiger partial charge in [0, 0.05) is 19.8 Å². The number of hydrogen-bond donors (Lipinski definition) is 3. The van der Waals surface area contributed by atoms with Crippen molar-refractivity contribution in [2.45, 2.75) is 6.54 Å². The van der Waals surface area contributed by atoms with Crippen LogP contribution >= 0.6 is 0 Å². The molecular weight excluding hydrogens is 176 g/mol. The van der Waals surface area contributed by atoms with Crippen molar-refractivity contribution in [3.05, 3.63) is 41.6 Å². The summed E-state index contributed by atoms with van der Waals surface area (Å²) in [6, 6.07) is 7.76. The van der Waals surface area contributed by atoms with Crippen LogP contribution in [0.25, 0.3) is 5.70 Å². The summed E-state index contributed by atoms with van der Waals surface area (Å²) < 4.78 is 0. The van der Waals surface area contributed by atoms with Crippen LogP contribution in [-0.4, -0.2) is 12.1 Å². The molecule has 0 bridgehead atoms. The molecule has 1 aromatic rings. The van der Waals surface area contributed by atoms with Gasteiger partial charge in [-0.3, -0.25) is 0 Å². The molecule has 0 radical (unpaired) electrons.